The Hall–Kier alpha value is -2.76. The predicted molar refractivity (Wildman–Crippen MR) is 128 cm³/mol. The summed E-state index contributed by atoms with van der Waals surface area (Å²) in [5.74, 6) is 0.0362. The molecule has 2 rings (SSSR count). The van der Waals surface area contributed by atoms with Gasteiger partial charge in [0, 0.05) is 10.9 Å². The molecule has 0 fully saturated rings. The van der Waals surface area contributed by atoms with Crippen LogP contribution in [0.25, 0.3) is 0 Å². The summed E-state index contributed by atoms with van der Waals surface area (Å²) in [5, 5.41) is 11.6. The van der Waals surface area contributed by atoms with Crippen molar-refractivity contribution in [1.82, 2.24) is 5.32 Å². The van der Waals surface area contributed by atoms with Gasteiger partial charge in [-0.05, 0) is 55.7 Å². The van der Waals surface area contributed by atoms with Gasteiger partial charge in [-0.2, -0.15) is 5.26 Å². The molecule has 0 bridgehead atoms. The fraction of sp³-hybridized carbons (Fsp3) is 0.333. The number of aryl methyl sites for hydroxylation is 1. The number of sulfone groups is 1. The highest BCUT2D eigenvalue weighted by atomic mass is 32.3. The van der Waals surface area contributed by atoms with E-state index in [2.05, 4.69) is 11.9 Å². The molecule has 0 saturated carbocycles. The van der Waals surface area contributed by atoms with Crippen LogP contribution in [0.2, 0.25) is 0 Å². The normalized spacial score (nSPS) is 13.1. The summed E-state index contributed by atoms with van der Waals surface area (Å²) < 4.78 is 31.0. The molecule has 8 heteroatoms. The van der Waals surface area contributed by atoms with Crippen LogP contribution in [0.15, 0.2) is 66.1 Å². The molecule has 1 N–H and O–H groups in total. The van der Waals surface area contributed by atoms with Crippen LogP contribution in [0.3, 0.4) is 0 Å². The molecule has 32 heavy (non-hydrogen) atoms. The van der Waals surface area contributed by atoms with E-state index in [1.807, 2.05) is 39.0 Å². The summed E-state index contributed by atoms with van der Waals surface area (Å²) in [6, 6.07) is 15.2. The molecule has 0 aliphatic heterocycles. The van der Waals surface area contributed by atoms with E-state index in [1.165, 1.54) is 11.8 Å². The molecule has 2 unspecified atom stereocenters. The Kier molecular flexibility index (Phi) is 9.36. The molecule has 0 aliphatic carbocycles. The highest BCUT2D eigenvalue weighted by Gasteiger charge is 2.31. The third-order valence-corrected chi connectivity index (χ3v) is 8.75. The lowest BCUT2D eigenvalue weighted by molar-refractivity contribution is 0.193. The number of carbonyl (C=O) groups is 1. The summed E-state index contributed by atoms with van der Waals surface area (Å²) in [6.07, 6.45) is 1.14. The van der Waals surface area contributed by atoms with Crippen molar-refractivity contribution in [3.8, 4) is 11.8 Å². The van der Waals surface area contributed by atoms with Crippen LogP contribution in [0, 0.1) is 24.2 Å². The van der Waals surface area contributed by atoms with Gasteiger partial charge in [0.05, 0.1) is 17.4 Å². The number of nitrogens with zero attached hydrogens (tertiary/aromatic N) is 1. The van der Waals surface area contributed by atoms with Crippen LogP contribution in [0.5, 0.6) is 5.75 Å². The zero-order valence-electron chi connectivity index (χ0n) is 18.4. The van der Waals surface area contributed by atoms with Crippen LogP contribution >= 0.6 is 11.8 Å². The molecule has 6 nitrogen and oxygen atoms in total. The molecule has 2 aromatic rings. The first-order valence-electron chi connectivity index (χ1n) is 10.2. The van der Waals surface area contributed by atoms with Crippen molar-refractivity contribution in [2.24, 2.45) is 5.92 Å². The van der Waals surface area contributed by atoms with E-state index in [1.54, 1.807) is 42.5 Å². The molecule has 0 aliphatic rings. The maximum atomic E-state index is 13.2. The van der Waals surface area contributed by atoms with Crippen molar-refractivity contribution in [3.05, 3.63) is 72.3 Å². The van der Waals surface area contributed by atoms with Crippen molar-refractivity contribution in [1.29, 1.82) is 5.26 Å². The minimum atomic E-state index is -3.61. The highest BCUT2D eigenvalue weighted by molar-refractivity contribution is 8.13. The molecule has 0 spiro atoms. The Labute approximate surface area is 194 Å². The molecule has 0 aromatic heterocycles. The van der Waals surface area contributed by atoms with Gasteiger partial charge in [0.25, 0.3) is 0 Å². The van der Waals surface area contributed by atoms with Crippen LogP contribution in [-0.2, 0) is 9.84 Å². The van der Waals surface area contributed by atoms with E-state index in [9.17, 15) is 13.2 Å². The van der Waals surface area contributed by atoms with E-state index in [-0.39, 0.29) is 18.1 Å². The number of carbonyl (C=O) groups excluding carboxylic acids is 1. The molecule has 0 radical (unpaired) electrons. The number of hydrogen-bond acceptors (Lipinski definition) is 6. The van der Waals surface area contributed by atoms with Crippen LogP contribution < -0.4 is 10.1 Å². The Morgan fingerprint density at radius 3 is 2.34 bits per heavy atom. The van der Waals surface area contributed by atoms with Gasteiger partial charge in [-0.1, -0.05) is 37.6 Å². The van der Waals surface area contributed by atoms with Crippen LogP contribution in [-0.4, -0.2) is 30.9 Å². The smallest absolute Gasteiger partial charge is 0.410 e. The van der Waals surface area contributed by atoms with Gasteiger partial charge < -0.3 is 10.1 Å². The maximum Gasteiger partial charge on any atom is 0.412 e. The molecular weight excluding hydrogens is 444 g/mol. The van der Waals surface area contributed by atoms with Crippen molar-refractivity contribution in [3.63, 3.8) is 0 Å². The first-order chi connectivity index (χ1) is 15.1. The number of thioether (sulfide) groups is 1. The average molecular weight is 473 g/mol. The standard InChI is InChI=1S/C24H28N2O4S2/c1-5-6-23(31-21-13-9-19(15-25)10-14-21)32(28,29)16-22(17(2)3)26-24(27)30-20-11-7-18(4)8-12-20/h5,7-14,17,22-23H,1,6,16H2,2-4H3,(H,26,27). The van der Waals surface area contributed by atoms with Crippen LogP contribution in [0.4, 0.5) is 4.79 Å². The fourth-order valence-corrected chi connectivity index (χ4v) is 6.41. The first-order valence-corrected chi connectivity index (χ1v) is 12.8. The number of rotatable bonds is 10. The second-order valence-electron chi connectivity index (χ2n) is 7.73. The Bertz CT molecular complexity index is 1060. The second-order valence-corrected chi connectivity index (χ2v) is 11.5. The number of nitriles is 1. The lowest BCUT2D eigenvalue weighted by atomic mass is 10.1. The maximum absolute atomic E-state index is 13.2. The highest BCUT2D eigenvalue weighted by Crippen LogP contribution is 2.31. The number of amides is 1. The van der Waals surface area contributed by atoms with Gasteiger partial charge in [0.1, 0.15) is 10.3 Å². The third kappa shape index (κ3) is 7.74. The zero-order valence-corrected chi connectivity index (χ0v) is 20.1. The molecular formula is C24H28N2O4S2. The Morgan fingerprint density at radius 2 is 1.81 bits per heavy atom. The minimum absolute atomic E-state index is 0.125. The average Bonchev–Trinajstić information content (AvgIpc) is 2.75. The summed E-state index contributed by atoms with van der Waals surface area (Å²) >= 11 is 1.20. The Morgan fingerprint density at radius 1 is 1.19 bits per heavy atom. The summed E-state index contributed by atoms with van der Waals surface area (Å²) in [5.41, 5.74) is 1.55. The van der Waals surface area contributed by atoms with E-state index < -0.39 is 26.6 Å². The molecule has 1 amide bonds. The van der Waals surface area contributed by atoms with Gasteiger partial charge in [-0.25, -0.2) is 13.2 Å². The molecule has 170 valence electrons. The molecule has 2 atom stereocenters. The van der Waals surface area contributed by atoms with Crippen LogP contribution in [0.1, 0.15) is 31.4 Å². The van der Waals surface area contributed by atoms with E-state index in [0.717, 1.165) is 10.5 Å². The number of ether oxygens (including phenoxy) is 1. The molecule has 0 heterocycles. The number of benzene rings is 2. The monoisotopic (exact) mass is 472 g/mol. The summed E-state index contributed by atoms with van der Waals surface area (Å²) in [4.78, 5) is 13.1. The van der Waals surface area contributed by atoms with E-state index in [4.69, 9.17) is 10.00 Å². The zero-order chi connectivity index (χ0) is 23.7. The summed E-state index contributed by atoms with van der Waals surface area (Å²) in [6.45, 7) is 9.32. The second kappa shape index (κ2) is 11.7. The van der Waals surface area contributed by atoms with Crippen molar-refractivity contribution < 1.29 is 17.9 Å². The van der Waals surface area contributed by atoms with Gasteiger partial charge in [-0.3, -0.25) is 0 Å². The van der Waals surface area contributed by atoms with Crippen molar-refractivity contribution >= 4 is 27.7 Å². The quantitative estimate of drug-likeness (QED) is 0.382. The molecule has 0 saturated heterocycles. The molecule has 2 aromatic carbocycles. The fourth-order valence-electron chi connectivity index (χ4n) is 2.82. The third-order valence-electron chi connectivity index (χ3n) is 4.76. The lowest BCUT2D eigenvalue weighted by Crippen LogP contribution is -2.45. The van der Waals surface area contributed by atoms with Gasteiger partial charge in [0.15, 0.2) is 9.84 Å². The largest absolute Gasteiger partial charge is 0.412 e. The van der Waals surface area contributed by atoms with Gasteiger partial charge in [0.2, 0.25) is 0 Å². The number of nitrogens with one attached hydrogen (secondary N) is 1. The van der Waals surface area contributed by atoms with E-state index >= 15 is 0 Å². The minimum Gasteiger partial charge on any atom is -0.410 e. The topological polar surface area (TPSA) is 96.3 Å². The number of allylic oxidation sites excluding steroid dienone is 1. The van der Waals surface area contributed by atoms with Gasteiger partial charge in [-0.15, -0.1) is 18.3 Å². The van der Waals surface area contributed by atoms with Gasteiger partial charge >= 0.3 is 6.09 Å². The lowest BCUT2D eigenvalue weighted by Gasteiger charge is -2.24. The predicted octanol–water partition coefficient (Wildman–Crippen LogP) is 5.09. The summed E-state index contributed by atoms with van der Waals surface area (Å²) in [7, 11) is -3.61. The van der Waals surface area contributed by atoms with Crippen molar-refractivity contribution in [2.45, 2.75) is 42.7 Å². The first kappa shape index (κ1) is 25.5. The number of hydrogen-bond donors (Lipinski definition) is 1. The van der Waals surface area contributed by atoms with E-state index in [0.29, 0.717) is 11.3 Å². The SMILES string of the molecule is C=CCC(Sc1ccc(C#N)cc1)S(=O)(=O)CC(NC(=O)Oc1ccc(C)cc1)C(C)C. The Balaban J connectivity index is 2.11. The van der Waals surface area contributed by atoms with Crippen molar-refractivity contribution in [2.75, 3.05) is 5.75 Å².